The Hall–Kier alpha value is -1.85. The van der Waals surface area contributed by atoms with Crippen LogP contribution in [0.2, 0.25) is 6.32 Å². The first-order chi connectivity index (χ1) is 17.1. The summed E-state index contributed by atoms with van der Waals surface area (Å²) in [6.45, 7) is 6.37. The summed E-state index contributed by atoms with van der Waals surface area (Å²) in [6, 6.07) is 3.74. The maximum absolute atomic E-state index is 13.0. The van der Waals surface area contributed by atoms with E-state index in [4.69, 9.17) is 9.39 Å². The van der Waals surface area contributed by atoms with E-state index >= 15 is 0 Å². The van der Waals surface area contributed by atoms with Gasteiger partial charge in [-0.1, -0.05) is 38.0 Å². The van der Waals surface area contributed by atoms with Crippen LogP contribution in [-0.4, -0.2) is 54.2 Å². The predicted octanol–water partition coefficient (Wildman–Crippen LogP) is 4.66. The third-order valence-electron chi connectivity index (χ3n) is 7.98. The van der Waals surface area contributed by atoms with Gasteiger partial charge in [-0.3, -0.25) is 14.5 Å². The molecule has 0 aromatic heterocycles. The number of likely N-dealkylation sites (tertiary alicyclic amines) is 1. The highest BCUT2D eigenvalue weighted by Crippen LogP contribution is 2.51. The quantitative estimate of drug-likeness (QED) is 0.203. The number of carbonyl (C=O) groups excluding carboxylic acids is 2. The Labute approximate surface area is 227 Å². The number of nitrogens with zero attached hydrogens (tertiary/aromatic N) is 1. The van der Waals surface area contributed by atoms with Crippen LogP contribution in [0.3, 0.4) is 0 Å². The van der Waals surface area contributed by atoms with E-state index in [1.807, 2.05) is 12.1 Å². The van der Waals surface area contributed by atoms with Crippen LogP contribution in [0.5, 0.6) is 11.5 Å². The molecular weight excluding hydrogens is 572 g/mol. The van der Waals surface area contributed by atoms with Crippen molar-refractivity contribution in [2.24, 2.45) is 23.7 Å². The van der Waals surface area contributed by atoms with Crippen LogP contribution in [0.15, 0.2) is 28.9 Å². The van der Waals surface area contributed by atoms with Gasteiger partial charge in [0.1, 0.15) is 0 Å². The van der Waals surface area contributed by atoms with Gasteiger partial charge in [-0.25, -0.2) is 0 Å². The second kappa shape index (κ2) is 10.9. The van der Waals surface area contributed by atoms with E-state index in [1.54, 1.807) is 7.05 Å². The summed E-state index contributed by atoms with van der Waals surface area (Å²) < 4.78 is 12.1. The topological polar surface area (TPSA) is 96.3 Å². The first kappa shape index (κ1) is 27.2. The van der Waals surface area contributed by atoms with E-state index in [9.17, 15) is 19.7 Å². The maximum Gasteiger partial charge on any atom is 0.455 e. The van der Waals surface area contributed by atoms with Gasteiger partial charge < -0.3 is 19.5 Å². The molecule has 1 aromatic carbocycles. The van der Waals surface area contributed by atoms with Gasteiger partial charge in [-0.2, -0.15) is 0 Å². The Bertz CT molecular complexity index is 1120. The number of methoxy groups -OCH3 is 1. The fourth-order valence-electron chi connectivity index (χ4n) is 6.14. The minimum absolute atomic E-state index is 0.102. The molecule has 0 radical (unpaired) electrons. The van der Waals surface area contributed by atoms with Crippen LogP contribution in [-0.2, 0) is 14.2 Å². The molecule has 2 heterocycles. The van der Waals surface area contributed by atoms with Crippen molar-refractivity contribution in [2.75, 3.05) is 14.2 Å². The maximum atomic E-state index is 13.0. The highest BCUT2D eigenvalue weighted by molar-refractivity contribution is 14.1. The molecule has 4 atom stereocenters. The Morgan fingerprint density at radius 1 is 1.31 bits per heavy atom. The number of imide groups is 1. The Kier molecular flexibility index (Phi) is 8.21. The normalized spacial score (nSPS) is 26.6. The summed E-state index contributed by atoms with van der Waals surface area (Å²) in [6.07, 6.45) is 5.03. The average Bonchev–Trinajstić information content (AvgIpc) is 3.06. The molecule has 2 amide bonds. The summed E-state index contributed by atoms with van der Waals surface area (Å²) >= 11 is 2.09. The summed E-state index contributed by atoms with van der Waals surface area (Å²) in [5.41, 5.74) is 4.50. The molecule has 0 unspecified atom stereocenters. The largest absolute Gasteiger partial charge is 0.504 e. The van der Waals surface area contributed by atoms with Crippen molar-refractivity contribution in [1.82, 2.24) is 4.90 Å². The lowest BCUT2D eigenvalue weighted by atomic mass is 9.57. The van der Waals surface area contributed by atoms with E-state index in [-0.39, 0.29) is 41.4 Å². The van der Waals surface area contributed by atoms with Crippen molar-refractivity contribution in [1.29, 1.82) is 0 Å². The smallest absolute Gasteiger partial charge is 0.455 e. The SMILES string of the molecule is CC/C(=C\c1cc(I)c(O)c(OC)c1)CC[C@H]1OB(O)C[C@H]2C1=C(C(C)C)C[C@H]1C(=O)N(C)C(=O)[C@H]12. The Morgan fingerprint density at radius 3 is 2.67 bits per heavy atom. The molecule has 0 spiro atoms. The second-order valence-electron chi connectivity index (χ2n) is 10.4. The number of phenols is 1. The third-order valence-corrected chi connectivity index (χ3v) is 8.81. The van der Waals surface area contributed by atoms with Crippen LogP contribution in [0, 0.1) is 27.2 Å². The highest BCUT2D eigenvalue weighted by Gasteiger charge is 2.56. The van der Waals surface area contributed by atoms with Crippen molar-refractivity contribution in [2.45, 2.75) is 58.9 Å². The zero-order valence-electron chi connectivity index (χ0n) is 21.6. The van der Waals surface area contributed by atoms with Crippen molar-refractivity contribution >= 4 is 47.6 Å². The molecule has 2 saturated heterocycles. The molecule has 4 rings (SSSR count). The van der Waals surface area contributed by atoms with Gasteiger partial charge in [-0.05, 0) is 89.7 Å². The van der Waals surface area contributed by atoms with Gasteiger partial charge in [0, 0.05) is 7.05 Å². The predicted molar refractivity (Wildman–Crippen MR) is 147 cm³/mol. The minimum Gasteiger partial charge on any atom is -0.504 e. The lowest BCUT2D eigenvalue weighted by Crippen LogP contribution is -2.46. The minimum atomic E-state index is -0.957. The Balaban J connectivity index is 1.63. The van der Waals surface area contributed by atoms with Crippen LogP contribution in [0.25, 0.3) is 6.08 Å². The van der Waals surface area contributed by atoms with Gasteiger partial charge in [0.2, 0.25) is 11.8 Å². The number of fused-ring (bicyclic) bond motifs is 3. The van der Waals surface area contributed by atoms with Gasteiger partial charge in [-0.15, -0.1) is 0 Å². The first-order valence-corrected chi connectivity index (χ1v) is 13.8. The number of aromatic hydroxyl groups is 1. The number of ether oxygens (including phenoxy) is 1. The number of amides is 2. The zero-order valence-corrected chi connectivity index (χ0v) is 23.7. The lowest BCUT2D eigenvalue weighted by Gasteiger charge is -2.44. The molecule has 0 bridgehead atoms. The fraction of sp³-hybridized carbons (Fsp3) is 0.556. The van der Waals surface area contributed by atoms with Crippen LogP contribution >= 0.6 is 22.6 Å². The number of halogens is 1. The first-order valence-electron chi connectivity index (χ1n) is 12.7. The molecule has 194 valence electrons. The molecule has 1 aromatic rings. The number of hydrogen-bond acceptors (Lipinski definition) is 6. The number of hydrogen-bond donors (Lipinski definition) is 2. The molecule has 2 fully saturated rings. The van der Waals surface area contributed by atoms with Crippen LogP contribution in [0.1, 0.15) is 52.0 Å². The number of carbonyl (C=O) groups is 2. The monoisotopic (exact) mass is 607 g/mol. The van der Waals surface area contributed by atoms with E-state index in [0.29, 0.717) is 24.9 Å². The molecule has 2 N–H and O–H groups in total. The van der Waals surface area contributed by atoms with Crippen molar-refractivity contribution < 1.29 is 29.1 Å². The van der Waals surface area contributed by atoms with Gasteiger partial charge in [0.25, 0.3) is 0 Å². The highest BCUT2D eigenvalue weighted by atomic mass is 127. The number of allylic oxidation sites excluding steroid dienone is 2. The van der Waals surface area contributed by atoms with E-state index < -0.39 is 13.0 Å². The molecule has 3 aliphatic rings. The van der Waals surface area contributed by atoms with Crippen LogP contribution < -0.4 is 4.74 Å². The number of rotatable bonds is 7. The van der Waals surface area contributed by atoms with E-state index in [2.05, 4.69) is 49.4 Å². The van der Waals surface area contributed by atoms with Crippen molar-refractivity contribution in [3.63, 3.8) is 0 Å². The van der Waals surface area contributed by atoms with Gasteiger partial charge in [0.15, 0.2) is 11.5 Å². The van der Waals surface area contributed by atoms with Gasteiger partial charge in [0.05, 0.1) is 28.6 Å². The number of benzene rings is 1. The summed E-state index contributed by atoms with van der Waals surface area (Å²) in [5, 5.41) is 20.8. The van der Waals surface area contributed by atoms with E-state index in [0.717, 1.165) is 27.5 Å². The molecular formula is C27H35BINO6. The lowest BCUT2D eigenvalue weighted by molar-refractivity contribution is -0.138. The fourth-order valence-corrected chi connectivity index (χ4v) is 6.77. The third kappa shape index (κ3) is 4.98. The number of phenolic OH excluding ortho intramolecular Hbond substituents is 1. The summed E-state index contributed by atoms with van der Waals surface area (Å²) in [4.78, 5) is 27.1. The standard InChI is InChI=1S/C27H35BINO6/c1-6-15(9-16-10-20(29)25(31)22(11-16)35-5)7-8-21-23-17(14(2)3)12-18-24(19(23)13-28(34)36-21)27(33)30(4)26(18)32/h9-11,14,18-19,21,24,31,34H,6-8,12-13H2,1-5H3/b15-9+/t18-,19+,21-,24-/m1/s1. The van der Waals surface area contributed by atoms with Crippen LogP contribution in [0.4, 0.5) is 0 Å². The molecule has 1 aliphatic carbocycles. The van der Waals surface area contributed by atoms with E-state index in [1.165, 1.54) is 23.2 Å². The Morgan fingerprint density at radius 2 is 2.03 bits per heavy atom. The molecule has 9 heteroatoms. The molecule has 0 saturated carbocycles. The second-order valence-corrected chi connectivity index (χ2v) is 11.5. The molecule has 2 aliphatic heterocycles. The van der Waals surface area contributed by atoms with Gasteiger partial charge >= 0.3 is 7.12 Å². The zero-order chi connectivity index (χ0) is 26.3. The van der Waals surface area contributed by atoms with Crippen molar-refractivity contribution in [3.05, 3.63) is 38.0 Å². The molecule has 36 heavy (non-hydrogen) atoms. The van der Waals surface area contributed by atoms with Crippen molar-refractivity contribution in [3.8, 4) is 11.5 Å². The molecule has 7 nitrogen and oxygen atoms in total. The average molecular weight is 607 g/mol. The summed E-state index contributed by atoms with van der Waals surface area (Å²) in [5.74, 6) is -0.346. The summed E-state index contributed by atoms with van der Waals surface area (Å²) in [7, 11) is 2.15.